The van der Waals surface area contributed by atoms with E-state index in [1.807, 2.05) is 79.7 Å². The highest BCUT2D eigenvalue weighted by molar-refractivity contribution is 5.57. The SMILES string of the molecule is Cc1cccc(-c2cn(C(c3ccccc3)c3ccccc3)c(=O)n(C)c2=O)n1. The van der Waals surface area contributed by atoms with Gasteiger partial charge in [-0.1, -0.05) is 66.7 Å². The van der Waals surface area contributed by atoms with Crippen molar-refractivity contribution in [3.8, 4) is 11.3 Å². The van der Waals surface area contributed by atoms with Gasteiger partial charge in [-0.25, -0.2) is 4.79 Å². The molecule has 2 heterocycles. The van der Waals surface area contributed by atoms with Gasteiger partial charge < -0.3 is 0 Å². The van der Waals surface area contributed by atoms with Gasteiger partial charge in [0.1, 0.15) is 0 Å². The minimum atomic E-state index is -0.371. The highest BCUT2D eigenvalue weighted by Gasteiger charge is 2.21. The molecule has 5 heteroatoms. The van der Waals surface area contributed by atoms with Gasteiger partial charge in [0.15, 0.2) is 0 Å². The van der Waals surface area contributed by atoms with Crippen molar-refractivity contribution in [3.63, 3.8) is 0 Å². The van der Waals surface area contributed by atoms with Crippen LogP contribution >= 0.6 is 0 Å². The van der Waals surface area contributed by atoms with Crippen LogP contribution in [-0.2, 0) is 7.05 Å². The molecule has 0 fully saturated rings. The van der Waals surface area contributed by atoms with Crippen molar-refractivity contribution in [1.29, 1.82) is 0 Å². The summed E-state index contributed by atoms with van der Waals surface area (Å²) in [4.78, 5) is 30.5. The number of rotatable bonds is 4. The summed E-state index contributed by atoms with van der Waals surface area (Å²) in [7, 11) is 1.51. The number of hydrogen-bond acceptors (Lipinski definition) is 3. The molecule has 0 aliphatic heterocycles. The lowest BCUT2D eigenvalue weighted by Gasteiger charge is -2.22. The maximum atomic E-state index is 13.1. The second-order valence-electron chi connectivity index (χ2n) is 6.98. The maximum Gasteiger partial charge on any atom is 0.331 e. The third-order valence-corrected chi connectivity index (χ3v) is 4.98. The second-order valence-corrected chi connectivity index (χ2v) is 6.98. The van der Waals surface area contributed by atoms with Crippen LogP contribution in [0.25, 0.3) is 11.3 Å². The second kappa shape index (κ2) is 7.72. The number of hydrogen-bond donors (Lipinski definition) is 0. The number of pyridine rings is 1. The summed E-state index contributed by atoms with van der Waals surface area (Å²) >= 11 is 0. The van der Waals surface area contributed by atoms with Gasteiger partial charge in [0.25, 0.3) is 5.56 Å². The minimum Gasteiger partial charge on any atom is -0.288 e. The Bertz CT molecular complexity index is 1220. The normalized spacial score (nSPS) is 11.0. The average Bonchev–Trinajstić information content (AvgIpc) is 2.75. The molecule has 0 radical (unpaired) electrons. The van der Waals surface area contributed by atoms with Crippen molar-refractivity contribution in [2.75, 3.05) is 0 Å². The van der Waals surface area contributed by atoms with Crippen LogP contribution in [0.3, 0.4) is 0 Å². The Kier molecular flexibility index (Phi) is 4.96. The van der Waals surface area contributed by atoms with Gasteiger partial charge >= 0.3 is 5.69 Å². The largest absolute Gasteiger partial charge is 0.331 e. The van der Waals surface area contributed by atoms with Crippen molar-refractivity contribution in [2.24, 2.45) is 7.05 Å². The van der Waals surface area contributed by atoms with Crippen LogP contribution in [0.4, 0.5) is 0 Å². The topological polar surface area (TPSA) is 56.9 Å². The molecule has 0 aliphatic rings. The molecule has 0 saturated heterocycles. The Morgan fingerprint density at radius 3 is 1.93 bits per heavy atom. The van der Waals surface area contributed by atoms with Crippen molar-refractivity contribution >= 4 is 0 Å². The molecule has 144 valence electrons. The predicted molar refractivity (Wildman–Crippen MR) is 114 cm³/mol. The standard InChI is InChI=1S/C24H21N3O2/c1-17-10-9-15-21(25-17)20-16-27(24(29)26(2)23(20)28)22(18-11-5-3-6-12-18)19-13-7-4-8-14-19/h3-16,22H,1-2H3. The van der Waals surface area contributed by atoms with Crippen molar-refractivity contribution < 1.29 is 0 Å². The van der Waals surface area contributed by atoms with Gasteiger partial charge in [0.2, 0.25) is 0 Å². The molecule has 0 unspecified atom stereocenters. The van der Waals surface area contributed by atoms with E-state index in [0.717, 1.165) is 21.4 Å². The first kappa shape index (κ1) is 18.6. The Morgan fingerprint density at radius 2 is 1.38 bits per heavy atom. The van der Waals surface area contributed by atoms with Gasteiger partial charge in [-0.3, -0.25) is 18.9 Å². The van der Waals surface area contributed by atoms with E-state index in [1.54, 1.807) is 16.8 Å². The Morgan fingerprint density at radius 1 is 0.793 bits per heavy atom. The fourth-order valence-electron chi connectivity index (χ4n) is 3.53. The van der Waals surface area contributed by atoms with Crippen LogP contribution in [0, 0.1) is 6.92 Å². The van der Waals surface area contributed by atoms with E-state index in [1.165, 1.54) is 7.05 Å². The van der Waals surface area contributed by atoms with Crippen LogP contribution < -0.4 is 11.2 Å². The van der Waals surface area contributed by atoms with E-state index < -0.39 is 0 Å². The number of nitrogens with zero attached hydrogens (tertiary/aromatic N) is 3. The van der Waals surface area contributed by atoms with Crippen molar-refractivity contribution in [2.45, 2.75) is 13.0 Å². The molecule has 4 aromatic rings. The molecule has 29 heavy (non-hydrogen) atoms. The molecule has 2 aromatic heterocycles. The monoisotopic (exact) mass is 383 g/mol. The van der Waals surface area contributed by atoms with E-state index in [0.29, 0.717) is 11.3 Å². The van der Waals surface area contributed by atoms with Crippen LogP contribution in [0.2, 0.25) is 0 Å². The lowest BCUT2D eigenvalue weighted by Crippen LogP contribution is -2.40. The van der Waals surface area contributed by atoms with Gasteiger partial charge in [0, 0.05) is 18.9 Å². The quantitative estimate of drug-likeness (QED) is 0.541. The first-order valence-corrected chi connectivity index (χ1v) is 9.42. The van der Waals surface area contributed by atoms with E-state index in [4.69, 9.17) is 0 Å². The zero-order valence-electron chi connectivity index (χ0n) is 16.3. The highest BCUT2D eigenvalue weighted by atomic mass is 16.2. The van der Waals surface area contributed by atoms with Gasteiger partial charge in [-0.15, -0.1) is 0 Å². The number of benzene rings is 2. The summed E-state index contributed by atoms with van der Waals surface area (Å²) in [6.45, 7) is 1.88. The summed E-state index contributed by atoms with van der Waals surface area (Å²) in [5.74, 6) is 0. The molecule has 4 rings (SSSR count). The van der Waals surface area contributed by atoms with Crippen LogP contribution in [0.5, 0.6) is 0 Å². The lowest BCUT2D eigenvalue weighted by atomic mass is 9.98. The first-order chi connectivity index (χ1) is 14.1. The molecule has 0 aliphatic carbocycles. The van der Waals surface area contributed by atoms with Crippen LogP contribution in [-0.4, -0.2) is 14.1 Å². The molecule has 0 N–H and O–H groups in total. The Labute approximate surface area is 168 Å². The third kappa shape index (κ3) is 3.55. The van der Waals surface area contributed by atoms with Crippen molar-refractivity contribution in [1.82, 2.24) is 14.1 Å². The lowest BCUT2D eigenvalue weighted by molar-refractivity contribution is 0.586. The molecule has 0 spiro atoms. The van der Waals surface area contributed by atoms with E-state index in [-0.39, 0.29) is 17.3 Å². The van der Waals surface area contributed by atoms with Gasteiger partial charge in [-0.05, 0) is 30.2 Å². The summed E-state index contributed by atoms with van der Waals surface area (Å²) in [6.07, 6.45) is 1.64. The zero-order valence-corrected chi connectivity index (χ0v) is 16.3. The van der Waals surface area contributed by atoms with Gasteiger partial charge in [-0.2, -0.15) is 0 Å². The Hall–Kier alpha value is -3.73. The zero-order chi connectivity index (χ0) is 20.4. The molecular weight excluding hydrogens is 362 g/mol. The van der Waals surface area contributed by atoms with Crippen LogP contribution in [0.15, 0.2) is 94.6 Å². The Balaban J connectivity index is 2.01. The summed E-state index contributed by atoms with van der Waals surface area (Å²) in [5.41, 5.74) is 2.95. The average molecular weight is 383 g/mol. The fraction of sp³-hybridized carbons (Fsp3) is 0.125. The van der Waals surface area contributed by atoms with Crippen molar-refractivity contribution in [3.05, 3.63) is 123 Å². The van der Waals surface area contributed by atoms with E-state index in [9.17, 15) is 9.59 Å². The first-order valence-electron chi connectivity index (χ1n) is 9.42. The summed E-state index contributed by atoms with van der Waals surface area (Å²) < 4.78 is 2.77. The maximum absolute atomic E-state index is 13.1. The molecule has 5 nitrogen and oxygen atoms in total. The van der Waals surface area contributed by atoms with Crippen LogP contribution in [0.1, 0.15) is 22.9 Å². The molecule has 0 saturated carbocycles. The summed E-state index contributed by atoms with van der Waals surface area (Å²) in [6, 6.07) is 24.8. The minimum absolute atomic E-state index is 0.357. The summed E-state index contributed by atoms with van der Waals surface area (Å²) in [5, 5.41) is 0. The smallest absolute Gasteiger partial charge is 0.288 e. The van der Waals surface area contributed by atoms with E-state index >= 15 is 0 Å². The third-order valence-electron chi connectivity index (χ3n) is 4.98. The molecule has 0 amide bonds. The molecule has 0 bridgehead atoms. The fourth-order valence-corrected chi connectivity index (χ4v) is 3.53. The molecule has 2 aromatic carbocycles. The highest BCUT2D eigenvalue weighted by Crippen LogP contribution is 2.26. The van der Waals surface area contributed by atoms with Gasteiger partial charge in [0.05, 0.1) is 17.3 Å². The predicted octanol–water partition coefficient (Wildman–Crippen LogP) is 3.56. The molecule has 0 atom stereocenters. The van der Waals surface area contributed by atoms with E-state index in [2.05, 4.69) is 4.98 Å². The molecular formula is C24H21N3O2. The number of aromatic nitrogens is 3. The number of aryl methyl sites for hydroxylation is 1.